The number of methoxy groups -OCH3 is 1. The second-order valence-electron chi connectivity index (χ2n) is 15.4. The lowest BCUT2D eigenvalue weighted by molar-refractivity contribution is -0.276. The monoisotopic (exact) mass is 803 g/mol. The van der Waals surface area contributed by atoms with Gasteiger partial charge in [-0.15, -0.1) is 0 Å². The number of carbonyl (C=O) groups excluding carboxylic acids is 2. The summed E-state index contributed by atoms with van der Waals surface area (Å²) in [6, 6.07) is 53.6. The number of nitrogens with one attached hydrogen (secondary N) is 2. The molecular weight excluding hydrogens is 751 g/mol. The third-order valence-corrected chi connectivity index (χ3v) is 11.0. The normalized spacial score (nSPS) is 18.1. The zero-order valence-electron chi connectivity index (χ0n) is 34.2. The highest BCUT2D eigenvalue weighted by Crippen LogP contribution is 2.42. The number of aliphatic hydroxyl groups is 1. The van der Waals surface area contributed by atoms with Gasteiger partial charge in [-0.3, -0.25) is 4.90 Å². The van der Waals surface area contributed by atoms with Crippen LogP contribution in [0.3, 0.4) is 0 Å². The number of urea groups is 1. The number of benzene rings is 6. The standard InChI is InChI=1S/C51H53N3O6/c1-36-47(34-54(32-38-15-8-4-9-16-38)33-39-17-10-5-11-18-39)59-50(60-48(36)43-23-21-40(35-55)22-24-43)44-27-25-42(26-28-44)45-20-12-19-41(29-45)31-52-51(57)53-46(49(56)58-2)30-37-13-6-3-7-14-37/h3-29,36,46-48,50,55H,30-35H2,1-2H3,(H2,52,53,57)/t36-,46+,47+,48+,50+/m1/s1. The molecule has 2 amide bonds. The number of amides is 2. The number of rotatable bonds is 16. The van der Waals surface area contributed by atoms with Crippen molar-refractivity contribution < 1.29 is 28.9 Å². The second kappa shape index (κ2) is 20.7. The molecule has 0 spiro atoms. The predicted octanol–water partition coefficient (Wildman–Crippen LogP) is 8.92. The van der Waals surface area contributed by atoms with Crippen LogP contribution in [-0.2, 0) is 51.7 Å². The number of ether oxygens (including phenoxy) is 3. The Labute approximate surface area is 353 Å². The van der Waals surface area contributed by atoms with Crippen LogP contribution in [0.1, 0.15) is 58.3 Å². The molecule has 0 radical (unpaired) electrons. The van der Waals surface area contributed by atoms with E-state index in [4.69, 9.17) is 14.2 Å². The molecule has 0 unspecified atom stereocenters. The van der Waals surface area contributed by atoms with E-state index in [0.29, 0.717) is 13.0 Å². The molecule has 308 valence electrons. The maximum Gasteiger partial charge on any atom is 0.328 e. The minimum Gasteiger partial charge on any atom is -0.467 e. The van der Waals surface area contributed by atoms with Crippen LogP contribution < -0.4 is 10.6 Å². The molecule has 3 N–H and O–H groups in total. The Morgan fingerprint density at radius 2 is 1.25 bits per heavy atom. The first kappa shape index (κ1) is 42.0. The lowest BCUT2D eigenvalue weighted by Gasteiger charge is -2.43. The highest BCUT2D eigenvalue weighted by Gasteiger charge is 2.39. The van der Waals surface area contributed by atoms with Crippen LogP contribution in [0.4, 0.5) is 4.79 Å². The van der Waals surface area contributed by atoms with Crippen molar-refractivity contribution >= 4 is 12.0 Å². The van der Waals surface area contributed by atoms with Gasteiger partial charge in [0.25, 0.3) is 0 Å². The first-order valence-corrected chi connectivity index (χ1v) is 20.5. The second-order valence-corrected chi connectivity index (χ2v) is 15.4. The molecule has 1 heterocycles. The van der Waals surface area contributed by atoms with E-state index in [1.54, 1.807) is 0 Å². The molecule has 1 saturated heterocycles. The van der Waals surface area contributed by atoms with Gasteiger partial charge < -0.3 is 30.0 Å². The lowest BCUT2D eigenvalue weighted by atomic mass is 9.89. The van der Waals surface area contributed by atoms with Gasteiger partial charge in [0.05, 0.1) is 25.9 Å². The van der Waals surface area contributed by atoms with Gasteiger partial charge in [-0.25, -0.2) is 9.59 Å². The molecule has 9 nitrogen and oxygen atoms in total. The van der Waals surface area contributed by atoms with Crippen molar-refractivity contribution in [3.8, 4) is 11.1 Å². The Bertz CT molecular complexity index is 2210. The van der Waals surface area contributed by atoms with E-state index in [1.807, 2.05) is 78.9 Å². The molecule has 6 aromatic carbocycles. The SMILES string of the molecule is COC(=O)[C@H](Cc1ccccc1)NC(=O)NCc1cccc(-c2ccc([C@H]3O[C@@H](CN(Cc4ccccc4)Cc4ccccc4)[C@@H](C)[C@@H](c4ccc(CO)cc4)O3)cc2)c1. The summed E-state index contributed by atoms with van der Waals surface area (Å²) < 4.78 is 18.7. The van der Waals surface area contributed by atoms with Crippen molar-refractivity contribution in [1.82, 2.24) is 15.5 Å². The topological polar surface area (TPSA) is 109 Å². The molecule has 0 bridgehead atoms. The van der Waals surface area contributed by atoms with E-state index in [-0.39, 0.29) is 31.3 Å². The maximum absolute atomic E-state index is 12.9. The Morgan fingerprint density at radius 1 is 0.667 bits per heavy atom. The summed E-state index contributed by atoms with van der Waals surface area (Å²) in [6.07, 6.45) is -0.676. The number of nitrogens with zero attached hydrogens (tertiary/aromatic N) is 1. The minimum absolute atomic E-state index is 0.0165. The van der Waals surface area contributed by atoms with Gasteiger partial charge in [0.1, 0.15) is 6.04 Å². The third-order valence-electron chi connectivity index (χ3n) is 11.0. The summed E-state index contributed by atoms with van der Waals surface area (Å²) in [4.78, 5) is 27.8. The first-order chi connectivity index (χ1) is 29.3. The van der Waals surface area contributed by atoms with Crippen LogP contribution in [0.15, 0.2) is 164 Å². The summed E-state index contributed by atoms with van der Waals surface area (Å²) >= 11 is 0. The molecule has 1 fully saturated rings. The first-order valence-electron chi connectivity index (χ1n) is 20.5. The highest BCUT2D eigenvalue weighted by atomic mass is 16.7. The smallest absolute Gasteiger partial charge is 0.328 e. The molecule has 9 heteroatoms. The number of hydrogen-bond donors (Lipinski definition) is 3. The Morgan fingerprint density at radius 3 is 1.85 bits per heavy atom. The van der Waals surface area contributed by atoms with E-state index < -0.39 is 24.3 Å². The van der Waals surface area contributed by atoms with Crippen LogP contribution in [0.5, 0.6) is 0 Å². The van der Waals surface area contributed by atoms with Gasteiger partial charge in [-0.2, -0.15) is 0 Å². The van der Waals surface area contributed by atoms with Crippen LogP contribution in [0, 0.1) is 5.92 Å². The largest absolute Gasteiger partial charge is 0.467 e. The van der Waals surface area contributed by atoms with Crippen molar-refractivity contribution in [3.05, 3.63) is 203 Å². The van der Waals surface area contributed by atoms with Crippen molar-refractivity contribution in [2.75, 3.05) is 13.7 Å². The molecule has 1 aliphatic rings. The van der Waals surface area contributed by atoms with Crippen LogP contribution in [0.25, 0.3) is 11.1 Å². The molecule has 0 aliphatic carbocycles. The minimum atomic E-state index is -0.817. The lowest BCUT2D eigenvalue weighted by Crippen LogP contribution is -2.47. The van der Waals surface area contributed by atoms with Crippen molar-refractivity contribution in [2.45, 2.75) is 64.1 Å². The van der Waals surface area contributed by atoms with E-state index >= 15 is 0 Å². The summed E-state index contributed by atoms with van der Waals surface area (Å²) in [5, 5.41) is 15.4. The maximum atomic E-state index is 12.9. The fourth-order valence-electron chi connectivity index (χ4n) is 7.72. The van der Waals surface area contributed by atoms with Gasteiger partial charge in [-0.05, 0) is 50.6 Å². The molecule has 5 atom stereocenters. The molecule has 0 saturated carbocycles. The van der Waals surface area contributed by atoms with Crippen LogP contribution in [-0.4, -0.2) is 47.8 Å². The van der Waals surface area contributed by atoms with Gasteiger partial charge >= 0.3 is 12.0 Å². The van der Waals surface area contributed by atoms with E-state index in [2.05, 4.69) is 107 Å². The number of esters is 1. The van der Waals surface area contributed by atoms with Gasteiger partial charge in [-0.1, -0.05) is 165 Å². The van der Waals surface area contributed by atoms with Crippen LogP contribution in [0.2, 0.25) is 0 Å². The molecule has 1 aliphatic heterocycles. The van der Waals surface area contributed by atoms with Crippen molar-refractivity contribution in [1.29, 1.82) is 0 Å². The number of hydrogen-bond acceptors (Lipinski definition) is 7. The zero-order chi connectivity index (χ0) is 41.7. The van der Waals surface area contributed by atoms with Gasteiger partial charge in [0.2, 0.25) is 0 Å². The van der Waals surface area contributed by atoms with E-state index in [0.717, 1.165) is 52.0 Å². The van der Waals surface area contributed by atoms with E-state index in [9.17, 15) is 14.7 Å². The van der Waals surface area contributed by atoms with Gasteiger partial charge in [0.15, 0.2) is 6.29 Å². The van der Waals surface area contributed by atoms with Gasteiger partial charge in [0, 0.05) is 44.1 Å². The quantitative estimate of drug-likeness (QED) is 0.0839. The highest BCUT2D eigenvalue weighted by molar-refractivity contribution is 5.83. The summed E-state index contributed by atoms with van der Waals surface area (Å²) in [7, 11) is 1.31. The summed E-state index contributed by atoms with van der Waals surface area (Å²) in [5.41, 5.74) is 9.12. The Kier molecular flexibility index (Phi) is 14.5. The summed E-state index contributed by atoms with van der Waals surface area (Å²) in [5.74, 6) is -0.475. The average Bonchev–Trinajstić information content (AvgIpc) is 3.29. The number of aliphatic hydroxyl groups excluding tert-OH is 1. The molecule has 6 aromatic rings. The molecule has 60 heavy (non-hydrogen) atoms. The Balaban J connectivity index is 1.06. The zero-order valence-corrected chi connectivity index (χ0v) is 34.2. The van der Waals surface area contributed by atoms with E-state index in [1.165, 1.54) is 18.2 Å². The Hall–Kier alpha value is -6.10. The predicted molar refractivity (Wildman–Crippen MR) is 233 cm³/mol. The van der Waals surface area contributed by atoms with Crippen molar-refractivity contribution in [2.24, 2.45) is 5.92 Å². The third kappa shape index (κ3) is 11.3. The van der Waals surface area contributed by atoms with Crippen LogP contribution >= 0.6 is 0 Å². The van der Waals surface area contributed by atoms with Crippen molar-refractivity contribution in [3.63, 3.8) is 0 Å². The number of carbonyl (C=O) groups is 2. The fourth-order valence-corrected chi connectivity index (χ4v) is 7.72. The molecule has 0 aromatic heterocycles. The summed E-state index contributed by atoms with van der Waals surface area (Å²) in [6.45, 7) is 4.71. The average molecular weight is 804 g/mol. The fraction of sp³-hybridized carbons (Fsp3) is 0.255. The molecule has 7 rings (SSSR count). The molecular formula is C51H53N3O6.